The van der Waals surface area contributed by atoms with Crippen LogP contribution in [0.4, 0.5) is 4.39 Å². The monoisotopic (exact) mass is 433 g/mol. The molecular formula is C25H24FN3O3. The van der Waals surface area contributed by atoms with E-state index in [4.69, 9.17) is 4.74 Å². The van der Waals surface area contributed by atoms with E-state index < -0.39 is 0 Å². The molecule has 0 saturated heterocycles. The van der Waals surface area contributed by atoms with Crippen LogP contribution < -0.4 is 10.1 Å². The van der Waals surface area contributed by atoms with Crippen LogP contribution in [0.3, 0.4) is 0 Å². The van der Waals surface area contributed by atoms with E-state index in [1.165, 1.54) is 0 Å². The highest BCUT2D eigenvalue weighted by atomic mass is 19.1. The number of pyridine rings is 1. The normalized spacial score (nSPS) is 17.9. The lowest BCUT2D eigenvalue weighted by Crippen LogP contribution is -2.24. The van der Waals surface area contributed by atoms with E-state index in [1.54, 1.807) is 42.4 Å². The lowest BCUT2D eigenvalue weighted by molar-refractivity contribution is 0.0763. The molecule has 0 spiro atoms. The van der Waals surface area contributed by atoms with Crippen LogP contribution in [0.25, 0.3) is 0 Å². The Hall–Kier alpha value is -3.48. The van der Waals surface area contributed by atoms with Crippen molar-refractivity contribution < 1.29 is 18.7 Å². The number of benzene rings is 1. The smallest absolute Gasteiger partial charge is 0.260 e. The van der Waals surface area contributed by atoms with Gasteiger partial charge in [-0.25, -0.2) is 9.37 Å². The Balaban J connectivity index is 1.33. The summed E-state index contributed by atoms with van der Waals surface area (Å²) in [6, 6.07) is 8.94. The molecule has 2 heterocycles. The number of nitrogens with one attached hydrogen (secondary N) is 1. The highest BCUT2D eigenvalue weighted by Crippen LogP contribution is 2.42. The van der Waals surface area contributed by atoms with Crippen molar-refractivity contribution in [1.29, 1.82) is 0 Å². The van der Waals surface area contributed by atoms with Crippen LogP contribution >= 0.6 is 0 Å². The third-order valence-electron chi connectivity index (χ3n) is 6.22. The summed E-state index contributed by atoms with van der Waals surface area (Å²) in [4.78, 5) is 30.8. The number of fused-ring (bicyclic) bond motifs is 1. The van der Waals surface area contributed by atoms with Gasteiger partial charge in [-0.1, -0.05) is 17.7 Å². The molecule has 0 unspecified atom stereocenters. The molecule has 0 bridgehead atoms. The molecular weight excluding hydrogens is 409 g/mol. The number of aromatic nitrogens is 1. The Morgan fingerprint density at radius 1 is 1.22 bits per heavy atom. The fourth-order valence-corrected chi connectivity index (χ4v) is 4.29. The van der Waals surface area contributed by atoms with E-state index in [-0.39, 0.29) is 29.3 Å². The van der Waals surface area contributed by atoms with Gasteiger partial charge in [0.1, 0.15) is 11.3 Å². The van der Waals surface area contributed by atoms with Crippen molar-refractivity contribution in [3.05, 3.63) is 82.0 Å². The van der Waals surface area contributed by atoms with E-state index >= 15 is 0 Å². The molecule has 6 nitrogen and oxygen atoms in total. The third-order valence-corrected chi connectivity index (χ3v) is 6.22. The zero-order valence-electron chi connectivity index (χ0n) is 17.9. The number of allylic oxidation sites excluding steroid dienone is 4. The van der Waals surface area contributed by atoms with Crippen molar-refractivity contribution in [2.75, 3.05) is 7.05 Å². The van der Waals surface area contributed by atoms with Gasteiger partial charge >= 0.3 is 0 Å². The number of hydrogen-bond acceptors (Lipinski definition) is 4. The summed E-state index contributed by atoms with van der Waals surface area (Å²) in [5.41, 5.74) is 3.84. The Kier molecular flexibility index (Phi) is 5.25. The molecule has 32 heavy (non-hydrogen) atoms. The number of rotatable bonds is 6. The maximum atomic E-state index is 14.6. The quantitative estimate of drug-likeness (QED) is 0.738. The van der Waals surface area contributed by atoms with Crippen molar-refractivity contribution in [3.8, 4) is 5.88 Å². The van der Waals surface area contributed by atoms with E-state index in [0.29, 0.717) is 36.6 Å². The van der Waals surface area contributed by atoms with Crippen LogP contribution in [-0.2, 0) is 13.1 Å². The van der Waals surface area contributed by atoms with Gasteiger partial charge < -0.3 is 15.0 Å². The molecule has 3 aliphatic rings. The van der Waals surface area contributed by atoms with Crippen LogP contribution in [0.2, 0.25) is 0 Å². The second kappa shape index (κ2) is 8.22. The summed E-state index contributed by atoms with van der Waals surface area (Å²) in [5.74, 6) is 0.227. The molecule has 1 saturated carbocycles. The van der Waals surface area contributed by atoms with Crippen LogP contribution in [0.1, 0.15) is 57.5 Å². The molecule has 1 aliphatic heterocycles. The Morgan fingerprint density at radius 3 is 2.69 bits per heavy atom. The maximum absolute atomic E-state index is 14.6. The minimum Gasteiger partial charge on any atom is -0.440 e. The van der Waals surface area contributed by atoms with Crippen molar-refractivity contribution >= 4 is 11.8 Å². The Morgan fingerprint density at radius 2 is 2.00 bits per heavy atom. The first-order valence-corrected chi connectivity index (χ1v) is 10.9. The molecule has 5 rings (SSSR count). The number of hydrogen-bond donors (Lipinski definition) is 1. The molecule has 164 valence electrons. The minimum absolute atomic E-state index is 0.155. The van der Waals surface area contributed by atoms with Crippen LogP contribution in [0.15, 0.2) is 59.8 Å². The molecule has 1 N–H and O–H groups in total. The van der Waals surface area contributed by atoms with Gasteiger partial charge in [0, 0.05) is 38.3 Å². The SMILES string of the molecule is CNC(=O)c1ccc(CN2Cc3ccnc(OC4=C(F)C=C(C5CC5)CC4)c3C2=O)cc1. The van der Waals surface area contributed by atoms with Gasteiger partial charge in [-0.15, -0.1) is 0 Å². The number of carbonyl (C=O) groups is 2. The van der Waals surface area contributed by atoms with Gasteiger partial charge in [-0.3, -0.25) is 9.59 Å². The van der Waals surface area contributed by atoms with Crippen molar-refractivity contribution in [2.45, 2.75) is 38.8 Å². The summed E-state index contributed by atoms with van der Waals surface area (Å²) in [7, 11) is 1.58. The number of nitrogens with zero attached hydrogens (tertiary/aromatic N) is 2. The van der Waals surface area contributed by atoms with E-state index in [0.717, 1.165) is 36.0 Å². The molecule has 7 heteroatoms. The van der Waals surface area contributed by atoms with Gasteiger partial charge in [-0.05, 0) is 60.6 Å². The molecule has 2 aromatic rings. The van der Waals surface area contributed by atoms with Gasteiger partial charge in [0.15, 0.2) is 5.83 Å². The largest absolute Gasteiger partial charge is 0.440 e. The lowest BCUT2D eigenvalue weighted by atomic mass is 9.99. The summed E-state index contributed by atoms with van der Waals surface area (Å²) in [6.45, 7) is 0.822. The van der Waals surface area contributed by atoms with Crippen LogP contribution in [-0.4, -0.2) is 28.7 Å². The predicted octanol–water partition coefficient (Wildman–Crippen LogP) is 4.29. The Labute approximate surface area is 185 Å². The van der Waals surface area contributed by atoms with Crippen molar-refractivity contribution in [1.82, 2.24) is 15.2 Å². The average Bonchev–Trinajstić information content (AvgIpc) is 3.60. The molecule has 2 amide bonds. The van der Waals surface area contributed by atoms with Gasteiger partial charge in [0.25, 0.3) is 11.8 Å². The van der Waals surface area contributed by atoms with Crippen molar-refractivity contribution in [2.24, 2.45) is 5.92 Å². The minimum atomic E-state index is -0.365. The average molecular weight is 433 g/mol. The fourth-order valence-electron chi connectivity index (χ4n) is 4.29. The molecule has 2 aliphatic carbocycles. The predicted molar refractivity (Wildman–Crippen MR) is 116 cm³/mol. The first-order chi connectivity index (χ1) is 15.5. The second-order valence-electron chi connectivity index (χ2n) is 8.45. The summed E-state index contributed by atoms with van der Waals surface area (Å²) in [6.07, 6.45) is 6.74. The molecule has 1 aromatic heterocycles. The lowest BCUT2D eigenvalue weighted by Gasteiger charge is -2.18. The van der Waals surface area contributed by atoms with Crippen molar-refractivity contribution in [3.63, 3.8) is 0 Å². The topological polar surface area (TPSA) is 71.5 Å². The number of ether oxygens (including phenoxy) is 1. The number of carbonyl (C=O) groups excluding carboxylic acids is 2. The first-order valence-electron chi connectivity index (χ1n) is 10.9. The molecule has 1 fully saturated rings. The summed E-state index contributed by atoms with van der Waals surface area (Å²) in [5, 5.41) is 2.59. The zero-order chi connectivity index (χ0) is 22.2. The van der Waals surface area contributed by atoms with Gasteiger partial charge in [-0.2, -0.15) is 0 Å². The Bertz CT molecular complexity index is 1150. The first kappa shape index (κ1) is 20.4. The second-order valence-corrected chi connectivity index (χ2v) is 8.45. The van der Waals surface area contributed by atoms with Crippen LogP contribution in [0.5, 0.6) is 5.88 Å². The van der Waals surface area contributed by atoms with E-state index in [1.807, 2.05) is 12.1 Å². The summed E-state index contributed by atoms with van der Waals surface area (Å²) >= 11 is 0. The maximum Gasteiger partial charge on any atom is 0.260 e. The van der Waals surface area contributed by atoms with Gasteiger partial charge in [0.2, 0.25) is 5.88 Å². The molecule has 0 radical (unpaired) electrons. The van der Waals surface area contributed by atoms with E-state index in [2.05, 4.69) is 10.3 Å². The number of halogens is 1. The third kappa shape index (κ3) is 3.90. The van der Waals surface area contributed by atoms with E-state index in [9.17, 15) is 14.0 Å². The van der Waals surface area contributed by atoms with Crippen LogP contribution in [0, 0.1) is 5.92 Å². The standard InChI is InChI=1S/C25H24FN3O3/c1-27-23(30)17-4-2-15(3-5-17)13-29-14-19-10-11-28-24(22(19)25(29)31)32-21-9-8-18(12-20(21)26)16-6-7-16/h2-5,10-12,16H,6-9,13-14H2,1H3,(H,27,30). The highest BCUT2D eigenvalue weighted by molar-refractivity contribution is 6.00. The molecule has 1 aromatic carbocycles. The number of amides is 2. The highest BCUT2D eigenvalue weighted by Gasteiger charge is 2.33. The summed E-state index contributed by atoms with van der Waals surface area (Å²) < 4.78 is 20.5. The molecule has 0 atom stereocenters. The zero-order valence-corrected chi connectivity index (χ0v) is 17.9. The fraction of sp³-hybridized carbons (Fsp3) is 0.320. The van der Waals surface area contributed by atoms with Gasteiger partial charge in [0.05, 0.1) is 0 Å².